The Labute approximate surface area is 158 Å². The van der Waals surface area contributed by atoms with Crippen LogP contribution in [0, 0.1) is 13.8 Å². The average Bonchev–Trinajstić information content (AvgIpc) is 3.22. The molecule has 0 radical (unpaired) electrons. The molecule has 3 heterocycles. The van der Waals surface area contributed by atoms with Crippen molar-refractivity contribution in [2.45, 2.75) is 13.8 Å². The number of benzene rings is 1. The second-order valence-corrected chi connectivity index (χ2v) is 7.24. The van der Waals surface area contributed by atoms with Crippen molar-refractivity contribution in [3.63, 3.8) is 0 Å². The van der Waals surface area contributed by atoms with E-state index >= 15 is 0 Å². The van der Waals surface area contributed by atoms with E-state index in [2.05, 4.69) is 9.97 Å². The fourth-order valence-electron chi connectivity index (χ4n) is 3.40. The van der Waals surface area contributed by atoms with Crippen LogP contribution >= 0.6 is 11.3 Å². The van der Waals surface area contributed by atoms with Gasteiger partial charge in [-0.25, -0.2) is 9.97 Å². The summed E-state index contributed by atoms with van der Waals surface area (Å²) in [7, 11) is 0. The average molecular weight is 379 g/mol. The third kappa shape index (κ3) is 2.70. The molecule has 5 N–H and O–H groups in total. The van der Waals surface area contributed by atoms with Crippen molar-refractivity contribution in [3.05, 3.63) is 52.8 Å². The first-order chi connectivity index (χ1) is 12.9. The number of amides is 1. The molecule has 0 saturated heterocycles. The lowest BCUT2D eigenvalue weighted by Crippen LogP contribution is -2.16. The number of imidazole rings is 1. The number of nitrogen functional groups attached to an aromatic ring is 1. The maximum atomic E-state index is 12.2. The van der Waals surface area contributed by atoms with Crippen LogP contribution in [0.3, 0.4) is 0 Å². The minimum absolute atomic E-state index is 0.169. The predicted molar refractivity (Wildman–Crippen MR) is 106 cm³/mol. The van der Waals surface area contributed by atoms with Crippen LogP contribution in [0.2, 0.25) is 0 Å². The van der Waals surface area contributed by atoms with Gasteiger partial charge in [-0.3, -0.25) is 4.79 Å². The van der Waals surface area contributed by atoms with Gasteiger partial charge in [0.25, 0.3) is 5.91 Å². The molecule has 0 aliphatic heterocycles. The fraction of sp³-hybridized carbons (Fsp3) is 0.105. The molecule has 0 bridgehead atoms. The lowest BCUT2D eigenvalue weighted by Gasteiger charge is -2.16. The first-order valence-electron chi connectivity index (χ1n) is 8.18. The molecule has 8 heteroatoms. The predicted octanol–water partition coefficient (Wildman–Crippen LogP) is 3.13. The normalized spacial score (nSPS) is 11.2. The number of aryl methyl sites for hydroxylation is 2. The maximum Gasteiger partial charge on any atom is 0.254 e. The highest BCUT2D eigenvalue weighted by atomic mass is 32.1. The molecule has 1 aromatic carbocycles. The number of phenolic OH excluding ortho intramolecular Hbond substituents is 1. The van der Waals surface area contributed by atoms with Crippen LogP contribution in [0.25, 0.3) is 27.5 Å². The van der Waals surface area contributed by atoms with Crippen molar-refractivity contribution in [2.24, 2.45) is 5.73 Å². The Hall–Kier alpha value is -3.39. The zero-order chi connectivity index (χ0) is 19.3. The van der Waals surface area contributed by atoms with Gasteiger partial charge in [0, 0.05) is 29.5 Å². The second-order valence-electron chi connectivity index (χ2n) is 6.34. The molecule has 3 aromatic heterocycles. The van der Waals surface area contributed by atoms with Crippen molar-refractivity contribution >= 4 is 28.6 Å². The molecular weight excluding hydrogens is 362 g/mol. The number of nitrogens with zero attached hydrogens (tertiary/aromatic N) is 3. The van der Waals surface area contributed by atoms with Crippen LogP contribution in [0.4, 0.5) is 5.69 Å². The SMILES string of the molecule is Cc1cc(O)cc(C)c1-c1cn2cc(-c3nccs3)nc2c(C(N)=O)c1N. The van der Waals surface area contributed by atoms with Crippen LogP contribution in [-0.2, 0) is 0 Å². The molecule has 1 amide bonds. The number of phenols is 1. The smallest absolute Gasteiger partial charge is 0.254 e. The monoisotopic (exact) mass is 379 g/mol. The Kier molecular flexibility index (Phi) is 3.85. The maximum absolute atomic E-state index is 12.2. The largest absolute Gasteiger partial charge is 0.508 e. The lowest BCUT2D eigenvalue weighted by atomic mass is 9.94. The fourth-order valence-corrected chi connectivity index (χ4v) is 3.99. The minimum atomic E-state index is -0.648. The van der Waals surface area contributed by atoms with Gasteiger partial charge < -0.3 is 21.0 Å². The Bertz CT molecular complexity index is 1170. The number of fused-ring (bicyclic) bond motifs is 1. The highest BCUT2D eigenvalue weighted by Gasteiger charge is 2.22. The Morgan fingerprint density at radius 2 is 1.93 bits per heavy atom. The van der Waals surface area contributed by atoms with Gasteiger partial charge in [0.2, 0.25) is 0 Å². The number of carbonyl (C=O) groups is 1. The number of aromatic hydroxyl groups is 1. The van der Waals surface area contributed by atoms with Crippen molar-refractivity contribution in [3.8, 4) is 27.6 Å². The van der Waals surface area contributed by atoms with E-state index in [0.717, 1.165) is 21.7 Å². The van der Waals surface area contributed by atoms with Gasteiger partial charge in [0.1, 0.15) is 22.0 Å². The highest BCUT2D eigenvalue weighted by Crippen LogP contribution is 2.37. The lowest BCUT2D eigenvalue weighted by molar-refractivity contribution is 0.100. The minimum Gasteiger partial charge on any atom is -0.508 e. The van der Waals surface area contributed by atoms with Gasteiger partial charge in [-0.05, 0) is 42.7 Å². The summed E-state index contributed by atoms with van der Waals surface area (Å²) in [4.78, 5) is 21.0. The molecule has 0 unspecified atom stereocenters. The molecule has 0 aliphatic carbocycles. The van der Waals surface area contributed by atoms with E-state index in [0.29, 0.717) is 16.9 Å². The standard InChI is InChI=1S/C19H17N5O2S/c1-9-5-11(25)6-10(2)14(9)12-7-24-8-13(19-22-3-4-27-19)23-18(24)15(16(12)20)17(21)26/h3-8,25H,20H2,1-2H3,(H2,21,26). The van der Waals surface area contributed by atoms with E-state index in [1.165, 1.54) is 11.3 Å². The second kappa shape index (κ2) is 6.10. The van der Waals surface area contributed by atoms with Crippen LogP contribution < -0.4 is 11.5 Å². The summed E-state index contributed by atoms with van der Waals surface area (Å²) in [6.07, 6.45) is 5.32. The molecule has 0 aliphatic rings. The number of nitrogens with two attached hydrogens (primary N) is 2. The number of carbonyl (C=O) groups excluding carboxylic acids is 1. The number of pyridine rings is 1. The van der Waals surface area contributed by atoms with Crippen LogP contribution in [0.5, 0.6) is 5.75 Å². The molecule has 136 valence electrons. The van der Waals surface area contributed by atoms with Crippen LogP contribution in [0.15, 0.2) is 36.1 Å². The van der Waals surface area contributed by atoms with Gasteiger partial charge in [0.15, 0.2) is 5.65 Å². The van der Waals surface area contributed by atoms with Gasteiger partial charge in [-0.15, -0.1) is 11.3 Å². The number of anilines is 1. The summed E-state index contributed by atoms with van der Waals surface area (Å²) in [5.74, 6) is -0.470. The van der Waals surface area contributed by atoms with Crippen LogP contribution in [-0.4, -0.2) is 25.4 Å². The summed E-state index contributed by atoms with van der Waals surface area (Å²) in [6, 6.07) is 3.32. The third-order valence-electron chi connectivity index (χ3n) is 4.47. The van der Waals surface area contributed by atoms with E-state index in [9.17, 15) is 9.90 Å². The molecule has 7 nitrogen and oxygen atoms in total. The van der Waals surface area contributed by atoms with Gasteiger partial charge in [-0.1, -0.05) is 0 Å². The van der Waals surface area contributed by atoms with Crippen molar-refractivity contribution in [1.82, 2.24) is 14.4 Å². The molecular formula is C19H17N5O2S. The van der Waals surface area contributed by atoms with E-state index in [4.69, 9.17) is 11.5 Å². The van der Waals surface area contributed by atoms with Crippen LogP contribution in [0.1, 0.15) is 21.5 Å². The Morgan fingerprint density at radius 1 is 1.22 bits per heavy atom. The van der Waals surface area contributed by atoms with Crippen molar-refractivity contribution in [2.75, 3.05) is 5.73 Å². The molecule has 4 rings (SSSR count). The zero-order valence-electron chi connectivity index (χ0n) is 14.7. The number of primary amides is 1. The first-order valence-corrected chi connectivity index (χ1v) is 9.06. The van der Waals surface area contributed by atoms with E-state index in [-0.39, 0.29) is 17.0 Å². The molecule has 0 saturated carbocycles. The summed E-state index contributed by atoms with van der Waals surface area (Å²) in [5, 5.41) is 12.4. The Balaban J connectivity index is 2.06. The Morgan fingerprint density at radius 3 is 2.52 bits per heavy atom. The molecule has 0 fully saturated rings. The number of hydrogen-bond donors (Lipinski definition) is 3. The highest BCUT2D eigenvalue weighted by molar-refractivity contribution is 7.13. The summed E-state index contributed by atoms with van der Waals surface area (Å²) < 4.78 is 1.74. The van der Waals surface area contributed by atoms with Gasteiger partial charge in [-0.2, -0.15) is 0 Å². The summed E-state index contributed by atoms with van der Waals surface area (Å²) >= 11 is 1.45. The summed E-state index contributed by atoms with van der Waals surface area (Å²) in [6.45, 7) is 3.76. The number of aromatic nitrogens is 3. The number of rotatable bonds is 3. The van der Waals surface area contributed by atoms with Crippen molar-refractivity contribution in [1.29, 1.82) is 0 Å². The van der Waals surface area contributed by atoms with Gasteiger partial charge >= 0.3 is 0 Å². The molecule has 0 atom stereocenters. The molecule has 4 aromatic rings. The van der Waals surface area contributed by atoms with Crippen molar-refractivity contribution < 1.29 is 9.90 Å². The van der Waals surface area contributed by atoms with E-state index in [1.807, 2.05) is 25.4 Å². The summed E-state index contributed by atoms with van der Waals surface area (Å²) in [5.41, 5.74) is 16.6. The van der Waals surface area contributed by atoms with E-state index < -0.39 is 5.91 Å². The van der Waals surface area contributed by atoms with E-state index in [1.54, 1.807) is 28.9 Å². The number of hydrogen-bond acceptors (Lipinski definition) is 6. The first kappa shape index (κ1) is 17.0. The number of thiazole rings is 1. The molecule has 0 spiro atoms. The third-order valence-corrected chi connectivity index (χ3v) is 5.26. The molecule has 27 heavy (non-hydrogen) atoms. The quantitative estimate of drug-likeness (QED) is 0.505. The van der Waals surface area contributed by atoms with Gasteiger partial charge in [0.05, 0.1) is 5.69 Å². The zero-order valence-corrected chi connectivity index (χ0v) is 15.5. The topological polar surface area (TPSA) is 120 Å².